The molecule has 174 valence electrons. The summed E-state index contributed by atoms with van der Waals surface area (Å²) < 4.78 is 11.3. The molecule has 1 saturated heterocycles. The lowest BCUT2D eigenvalue weighted by atomic mass is 9.53. The number of methoxy groups -OCH3 is 2. The highest BCUT2D eigenvalue weighted by Gasteiger charge is 2.52. The topological polar surface area (TPSA) is 50.8 Å². The maximum atomic E-state index is 12.0. The molecule has 5 heteroatoms. The van der Waals surface area contributed by atoms with Crippen molar-refractivity contribution in [1.29, 1.82) is 0 Å². The quantitative estimate of drug-likeness (QED) is 0.755. The second kappa shape index (κ2) is 7.65. The summed E-state index contributed by atoms with van der Waals surface area (Å²) in [5.41, 5.74) is 2.73. The van der Waals surface area contributed by atoms with Crippen LogP contribution >= 0.6 is 0 Å². The Bertz CT molecular complexity index is 876. The maximum absolute atomic E-state index is 12.0. The van der Waals surface area contributed by atoms with Gasteiger partial charge in [0, 0.05) is 18.4 Å². The van der Waals surface area contributed by atoms with E-state index in [0.29, 0.717) is 0 Å². The molecule has 5 fully saturated rings. The number of nitrogens with zero attached hydrogens (tertiary/aromatic N) is 1. The highest BCUT2D eigenvalue weighted by Crippen LogP contribution is 2.57. The molecule has 32 heavy (non-hydrogen) atoms. The summed E-state index contributed by atoms with van der Waals surface area (Å²) in [4.78, 5) is 14.9. The third kappa shape index (κ3) is 3.18. The Balaban J connectivity index is 1.26. The first-order valence-corrected chi connectivity index (χ1v) is 12.8. The third-order valence-electron chi connectivity index (χ3n) is 9.83. The van der Waals surface area contributed by atoms with E-state index in [2.05, 4.69) is 22.3 Å². The average molecular weight is 439 g/mol. The molecular formula is C27H38N2O3. The van der Waals surface area contributed by atoms with Crippen LogP contribution in [-0.4, -0.2) is 44.2 Å². The van der Waals surface area contributed by atoms with E-state index in [1.807, 2.05) is 0 Å². The molecule has 5 aliphatic carbocycles. The van der Waals surface area contributed by atoms with E-state index in [9.17, 15) is 4.79 Å². The van der Waals surface area contributed by atoms with Crippen LogP contribution in [0, 0.1) is 23.7 Å². The summed E-state index contributed by atoms with van der Waals surface area (Å²) in [5.74, 6) is 5.57. The van der Waals surface area contributed by atoms with Crippen molar-refractivity contribution in [2.24, 2.45) is 23.7 Å². The Hall–Kier alpha value is -1.75. The first-order chi connectivity index (χ1) is 15.5. The number of hydrogen-bond donors (Lipinski definition) is 1. The van der Waals surface area contributed by atoms with Crippen LogP contribution in [-0.2, 0) is 10.2 Å². The van der Waals surface area contributed by atoms with Crippen LogP contribution in [0.4, 0.5) is 0 Å². The van der Waals surface area contributed by atoms with Crippen molar-refractivity contribution in [1.82, 2.24) is 10.2 Å². The second-order valence-electron chi connectivity index (χ2n) is 11.5. The number of benzene rings is 1. The molecule has 0 unspecified atom stereocenters. The lowest BCUT2D eigenvalue weighted by Gasteiger charge is -2.58. The molecule has 0 aromatic heterocycles. The monoisotopic (exact) mass is 438 g/mol. The van der Waals surface area contributed by atoms with E-state index in [1.165, 1.54) is 69.2 Å². The predicted molar refractivity (Wildman–Crippen MR) is 124 cm³/mol. The number of nitrogens with one attached hydrogen (secondary N) is 1. The molecule has 1 amide bonds. The van der Waals surface area contributed by atoms with Gasteiger partial charge in [-0.2, -0.15) is 0 Å². The van der Waals surface area contributed by atoms with Crippen LogP contribution in [0.25, 0.3) is 0 Å². The van der Waals surface area contributed by atoms with Gasteiger partial charge in [0.25, 0.3) is 0 Å². The summed E-state index contributed by atoms with van der Waals surface area (Å²) in [6.45, 7) is 4.00. The highest BCUT2D eigenvalue weighted by molar-refractivity contribution is 5.74. The Morgan fingerprint density at radius 1 is 0.969 bits per heavy atom. The van der Waals surface area contributed by atoms with Crippen molar-refractivity contribution in [2.45, 2.75) is 75.8 Å². The van der Waals surface area contributed by atoms with Crippen LogP contribution in [0.15, 0.2) is 12.1 Å². The van der Waals surface area contributed by atoms with Gasteiger partial charge in [-0.15, -0.1) is 0 Å². The highest BCUT2D eigenvalue weighted by atomic mass is 16.5. The zero-order valence-electron chi connectivity index (χ0n) is 19.9. The number of carbonyl (C=O) groups is 1. The van der Waals surface area contributed by atoms with Crippen LogP contribution in [0.3, 0.4) is 0 Å². The van der Waals surface area contributed by atoms with Crippen molar-refractivity contribution in [3.05, 3.63) is 23.3 Å². The Labute approximate surface area is 192 Å². The Morgan fingerprint density at radius 3 is 2.12 bits per heavy atom. The molecule has 1 heterocycles. The molecule has 1 spiro atoms. The molecule has 6 aliphatic rings. The molecule has 4 bridgehead atoms. The summed E-state index contributed by atoms with van der Waals surface area (Å²) in [5, 5.41) is 3.23. The van der Waals surface area contributed by atoms with Crippen molar-refractivity contribution >= 4 is 5.91 Å². The molecule has 0 radical (unpaired) electrons. The zero-order chi connectivity index (χ0) is 22.0. The molecule has 1 aliphatic heterocycles. The van der Waals surface area contributed by atoms with Gasteiger partial charge < -0.3 is 14.8 Å². The molecule has 4 saturated carbocycles. The minimum Gasteiger partial charge on any atom is -0.493 e. The smallest absolute Gasteiger partial charge is 0.217 e. The summed E-state index contributed by atoms with van der Waals surface area (Å²) in [6.07, 6.45) is 10.8. The normalized spacial score (nSPS) is 36.8. The third-order valence-corrected chi connectivity index (χ3v) is 9.83. The number of carbonyl (C=O) groups excluding carboxylic acids is 1. The zero-order valence-corrected chi connectivity index (χ0v) is 19.9. The number of amides is 1. The lowest BCUT2D eigenvalue weighted by molar-refractivity contribution is -0.119. The molecule has 7 rings (SSSR count). The molecule has 1 atom stereocenters. The average Bonchev–Trinajstić information content (AvgIpc) is 3.04. The molecule has 1 aromatic rings. The number of fused-ring (bicyclic) bond motifs is 2. The standard InChI is InChI=1S/C27H38N2O3/c1-16(30)28-23-15-27(22-14-25(32-3)24(31-2)13-21(22)23)4-6-29(7-5-27)26-19-9-17-8-18(11-19)12-20(26)10-17/h13-14,17-20,23,26H,4-12,15H2,1-3H3,(H,28,30)/t17?,18?,19?,20?,23-,26?/m0/s1. The van der Waals surface area contributed by atoms with E-state index in [0.717, 1.165) is 47.6 Å². The number of hydrogen-bond acceptors (Lipinski definition) is 4. The van der Waals surface area contributed by atoms with Crippen LogP contribution in [0.1, 0.15) is 75.5 Å². The minimum atomic E-state index is 0.0406. The summed E-state index contributed by atoms with van der Waals surface area (Å²) in [7, 11) is 3.40. The van der Waals surface area contributed by atoms with E-state index < -0.39 is 0 Å². The Morgan fingerprint density at radius 2 is 1.56 bits per heavy atom. The fraction of sp³-hybridized carbons (Fsp3) is 0.741. The predicted octanol–water partition coefficient (Wildman–Crippen LogP) is 4.44. The molecule has 1 aromatic carbocycles. The van der Waals surface area contributed by atoms with Gasteiger partial charge in [-0.05, 0) is 111 Å². The van der Waals surface area contributed by atoms with Gasteiger partial charge in [-0.1, -0.05) is 0 Å². The lowest BCUT2D eigenvalue weighted by Crippen LogP contribution is -2.58. The van der Waals surface area contributed by atoms with Gasteiger partial charge in [-0.3, -0.25) is 9.69 Å². The van der Waals surface area contributed by atoms with E-state index in [1.54, 1.807) is 21.1 Å². The van der Waals surface area contributed by atoms with Crippen LogP contribution < -0.4 is 14.8 Å². The van der Waals surface area contributed by atoms with Crippen molar-refractivity contribution in [3.63, 3.8) is 0 Å². The number of ether oxygens (including phenoxy) is 2. The second-order valence-corrected chi connectivity index (χ2v) is 11.5. The Kier molecular flexibility index (Phi) is 4.98. The van der Waals surface area contributed by atoms with E-state index in [4.69, 9.17) is 9.47 Å². The van der Waals surface area contributed by atoms with Crippen LogP contribution in [0.5, 0.6) is 11.5 Å². The summed E-state index contributed by atoms with van der Waals surface area (Å²) in [6, 6.07) is 5.20. The van der Waals surface area contributed by atoms with Crippen molar-refractivity contribution in [2.75, 3.05) is 27.3 Å². The maximum Gasteiger partial charge on any atom is 0.217 e. The minimum absolute atomic E-state index is 0.0406. The SMILES string of the molecule is COc1cc2c(cc1OC)C1(CCN(C3C4CC5CC(C4)CC3C5)CC1)C[C@@H]2NC(C)=O. The first kappa shape index (κ1) is 20.8. The van der Waals surface area contributed by atoms with Gasteiger partial charge in [0.05, 0.1) is 20.3 Å². The molecular weight excluding hydrogens is 400 g/mol. The van der Waals surface area contributed by atoms with Gasteiger partial charge in [-0.25, -0.2) is 0 Å². The number of likely N-dealkylation sites (tertiary alicyclic amines) is 1. The molecule has 1 N–H and O–H groups in total. The summed E-state index contributed by atoms with van der Waals surface area (Å²) >= 11 is 0. The largest absolute Gasteiger partial charge is 0.493 e. The number of rotatable bonds is 4. The van der Waals surface area contributed by atoms with Crippen LogP contribution in [0.2, 0.25) is 0 Å². The fourth-order valence-electron chi connectivity index (χ4n) is 8.84. The van der Waals surface area contributed by atoms with E-state index in [-0.39, 0.29) is 17.4 Å². The van der Waals surface area contributed by atoms with Crippen molar-refractivity contribution in [3.8, 4) is 11.5 Å². The number of piperidine rings is 1. The van der Waals surface area contributed by atoms with Gasteiger partial charge in [0.1, 0.15) is 0 Å². The van der Waals surface area contributed by atoms with Crippen molar-refractivity contribution < 1.29 is 14.3 Å². The van der Waals surface area contributed by atoms with Gasteiger partial charge in [0.2, 0.25) is 5.91 Å². The molecule has 5 nitrogen and oxygen atoms in total. The van der Waals surface area contributed by atoms with E-state index >= 15 is 0 Å². The van der Waals surface area contributed by atoms with Gasteiger partial charge >= 0.3 is 0 Å². The van der Waals surface area contributed by atoms with Gasteiger partial charge in [0.15, 0.2) is 11.5 Å². The first-order valence-electron chi connectivity index (χ1n) is 12.8. The fourth-order valence-corrected chi connectivity index (χ4v) is 8.84.